The van der Waals surface area contributed by atoms with Crippen LogP contribution in [0.15, 0.2) is 48.5 Å². The van der Waals surface area contributed by atoms with Crippen LogP contribution < -0.4 is 11.1 Å². The first-order chi connectivity index (χ1) is 9.69. The quantitative estimate of drug-likeness (QED) is 0.727. The molecule has 2 aromatic carbocycles. The van der Waals surface area contributed by atoms with Gasteiger partial charge in [-0.2, -0.15) is 0 Å². The molecule has 0 unspecified atom stereocenters. The van der Waals surface area contributed by atoms with Gasteiger partial charge in [0.2, 0.25) is 0 Å². The predicted octanol–water partition coefficient (Wildman–Crippen LogP) is 1.95. The highest BCUT2D eigenvalue weighted by Gasteiger charge is 2.06. The van der Waals surface area contributed by atoms with Gasteiger partial charge in [-0.3, -0.25) is 4.79 Å². The van der Waals surface area contributed by atoms with Crippen molar-refractivity contribution in [2.24, 2.45) is 5.73 Å². The van der Waals surface area contributed by atoms with E-state index in [0.717, 1.165) is 5.56 Å². The van der Waals surface area contributed by atoms with Crippen molar-refractivity contribution in [2.75, 3.05) is 11.9 Å². The maximum absolute atomic E-state index is 12.0. The fraction of sp³-hybridized carbons (Fsp3) is 0.0625. The van der Waals surface area contributed by atoms with Crippen LogP contribution in [0.1, 0.15) is 15.9 Å². The minimum Gasteiger partial charge on any atom is -0.508 e. The number of phenols is 1. The van der Waals surface area contributed by atoms with E-state index in [-0.39, 0.29) is 11.7 Å². The van der Waals surface area contributed by atoms with E-state index in [1.165, 1.54) is 12.1 Å². The van der Waals surface area contributed by atoms with Crippen molar-refractivity contribution in [1.29, 1.82) is 0 Å². The molecule has 0 aliphatic carbocycles. The van der Waals surface area contributed by atoms with Crippen LogP contribution in [0.25, 0.3) is 0 Å². The zero-order valence-electron chi connectivity index (χ0n) is 10.8. The van der Waals surface area contributed by atoms with Crippen LogP contribution in [0.4, 0.5) is 5.69 Å². The molecule has 0 aromatic heterocycles. The van der Waals surface area contributed by atoms with Crippen molar-refractivity contribution in [3.05, 3.63) is 59.7 Å². The summed E-state index contributed by atoms with van der Waals surface area (Å²) in [6.07, 6.45) is 0. The molecule has 0 fully saturated rings. The summed E-state index contributed by atoms with van der Waals surface area (Å²) < 4.78 is 0. The van der Waals surface area contributed by atoms with Crippen LogP contribution in [-0.2, 0) is 0 Å². The third-order valence-electron chi connectivity index (χ3n) is 2.59. The van der Waals surface area contributed by atoms with Gasteiger partial charge in [-0.1, -0.05) is 17.9 Å². The van der Waals surface area contributed by atoms with Gasteiger partial charge in [-0.05, 0) is 42.5 Å². The number of nitrogens with one attached hydrogen (secondary N) is 1. The SMILES string of the molecule is NCC#Cc1ccc(NC(=O)c2cccc(O)c2)cc1. The van der Waals surface area contributed by atoms with Gasteiger partial charge in [0.1, 0.15) is 5.75 Å². The van der Waals surface area contributed by atoms with Crippen LogP contribution in [0.5, 0.6) is 5.75 Å². The van der Waals surface area contributed by atoms with Gasteiger partial charge in [0.05, 0.1) is 6.54 Å². The zero-order chi connectivity index (χ0) is 14.4. The van der Waals surface area contributed by atoms with Crippen molar-refractivity contribution in [3.8, 4) is 17.6 Å². The summed E-state index contributed by atoms with van der Waals surface area (Å²) in [5, 5.41) is 12.1. The van der Waals surface area contributed by atoms with Gasteiger partial charge in [-0.25, -0.2) is 0 Å². The topological polar surface area (TPSA) is 75.3 Å². The number of carbonyl (C=O) groups is 1. The third kappa shape index (κ3) is 3.61. The lowest BCUT2D eigenvalue weighted by Gasteiger charge is -2.05. The molecule has 2 aromatic rings. The molecule has 20 heavy (non-hydrogen) atoms. The lowest BCUT2D eigenvalue weighted by atomic mass is 10.1. The Morgan fingerprint density at radius 3 is 2.60 bits per heavy atom. The summed E-state index contributed by atoms with van der Waals surface area (Å²) in [6, 6.07) is 13.3. The lowest BCUT2D eigenvalue weighted by Crippen LogP contribution is -2.11. The van der Waals surface area contributed by atoms with Gasteiger partial charge in [-0.15, -0.1) is 0 Å². The largest absolute Gasteiger partial charge is 0.508 e. The Kier molecular flexibility index (Phi) is 4.38. The molecule has 0 bridgehead atoms. The molecule has 0 aliphatic rings. The van der Waals surface area contributed by atoms with E-state index >= 15 is 0 Å². The number of phenolic OH excluding ortho intramolecular Hbond substituents is 1. The third-order valence-corrected chi connectivity index (χ3v) is 2.59. The number of hydrogen-bond acceptors (Lipinski definition) is 3. The fourth-order valence-corrected chi connectivity index (χ4v) is 1.64. The van der Waals surface area contributed by atoms with Crippen molar-refractivity contribution < 1.29 is 9.90 Å². The molecule has 0 heterocycles. The number of carbonyl (C=O) groups excluding carboxylic acids is 1. The molecule has 0 atom stereocenters. The molecule has 0 saturated heterocycles. The summed E-state index contributed by atoms with van der Waals surface area (Å²) in [5.74, 6) is 5.45. The predicted molar refractivity (Wildman–Crippen MR) is 78.4 cm³/mol. The highest BCUT2D eigenvalue weighted by atomic mass is 16.3. The Morgan fingerprint density at radius 2 is 1.95 bits per heavy atom. The average Bonchev–Trinajstić information content (AvgIpc) is 2.46. The van der Waals surface area contributed by atoms with E-state index < -0.39 is 0 Å². The van der Waals surface area contributed by atoms with Crippen LogP contribution in [0.2, 0.25) is 0 Å². The van der Waals surface area contributed by atoms with Crippen molar-refractivity contribution >= 4 is 11.6 Å². The summed E-state index contributed by atoms with van der Waals surface area (Å²) in [7, 11) is 0. The standard InChI is InChI=1S/C16H14N2O2/c17-10-2-3-12-6-8-14(9-7-12)18-16(20)13-4-1-5-15(19)11-13/h1,4-9,11,19H,10,17H2,(H,18,20). The second-order valence-corrected chi connectivity index (χ2v) is 4.09. The van der Waals surface area contributed by atoms with Crippen LogP contribution in [0.3, 0.4) is 0 Å². The van der Waals surface area contributed by atoms with E-state index in [4.69, 9.17) is 5.73 Å². The van der Waals surface area contributed by atoms with Crippen molar-refractivity contribution in [3.63, 3.8) is 0 Å². The number of anilines is 1. The maximum Gasteiger partial charge on any atom is 0.255 e. The van der Waals surface area contributed by atoms with Gasteiger partial charge >= 0.3 is 0 Å². The lowest BCUT2D eigenvalue weighted by molar-refractivity contribution is 0.102. The van der Waals surface area contributed by atoms with E-state index in [9.17, 15) is 9.90 Å². The van der Waals surface area contributed by atoms with Gasteiger partial charge in [0, 0.05) is 16.8 Å². The van der Waals surface area contributed by atoms with Gasteiger partial charge in [0.25, 0.3) is 5.91 Å². The monoisotopic (exact) mass is 266 g/mol. The van der Waals surface area contributed by atoms with Crippen molar-refractivity contribution in [2.45, 2.75) is 0 Å². The number of rotatable bonds is 2. The molecule has 0 spiro atoms. The number of aromatic hydroxyl groups is 1. The zero-order valence-corrected chi connectivity index (χ0v) is 10.8. The highest BCUT2D eigenvalue weighted by Crippen LogP contribution is 2.14. The first-order valence-electron chi connectivity index (χ1n) is 6.08. The Labute approximate surface area is 117 Å². The van der Waals surface area contributed by atoms with Gasteiger partial charge < -0.3 is 16.2 Å². The average molecular weight is 266 g/mol. The smallest absolute Gasteiger partial charge is 0.255 e. The number of amides is 1. The molecule has 4 N–H and O–H groups in total. The minimum absolute atomic E-state index is 0.0602. The minimum atomic E-state index is -0.276. The Morgan fingerprint density at radius 1 is 1.20 bits per heavy atom. The Bertz CT molecular complexity index is 667. The van der Waals surface area contributed by atoms with E-state index in [2.05, 4.69) is 17.2 Å². The highest BCUT2D eigenvalue weighted by molar-refractivity contribution is 6.04. The molecule has 4 heteroatoms. The molecule has 0 radical (unpaired) electrons. The van der Waals surface area contributed by atoms with E-state index in [1.807, 2.05) is 0 Å². The van der Waals surface area contributed by atoms with E-state index in [1.54, 1.807) is 36.4 Å². The van der Waals surface area contributed by atoms with E-state index in [0.29, 0.717) is 17.8 Å². The molecular weight excluding hydrogens is 252 g/mol. The summed E-state index contributed by atoms with van der Waals surface area (Å²) in [6.45, 7) is 0.315. The van der Waals surface area contributed by atoms with Gasteiger partial charge in [0.15, 0.2) is 0 Å². The van der Waals surface area contributed by atoms with Crippen LogP contribution >= 0.6 is 0 Å². The molecule has 1 amide bonds. The first-order valence-corrected chi connectivity index (χ1v) is 6.08. The Balaban J connectivity index is 2.08. The number of nitrogens with two attached hydrogens (primary N) is 1. The van der Waals surface area contributed by atoms with Crippen molar-refractivity contribution in [1.82, 2.24) is 0 Å². The molecular formula is C16H14N2O2. The maximum atomic E-state index is 12.0. The fourth-order valence-electron chi connectivity index (χ4n) is 1.64. The molecule has 100 valence electrons. The second kappa shape index (κ2) is 6.41. The number of benzene rings is 2. The number of hydrogen-bond donors (Lipinski definition) is 3. The summed E-state index contributed by atoms with van der Waals surface area (Å²) in [5.41, 5.74) is 7.20. The summed E-state index contributed by atoms with van der Waals surface area (Å²) in [4.78, 5) is 12.0. The van der Waals surface area contributed by atoms with Crippen LogP contribution in [-0.4, -0.2) is 17.6 Å². The normalized spacial score (nSPS) is 9.45. The molecule has 2 rings (SSSR count). The molecule has 0 saturated carbocycles. The second-order valence-electron chi connectivity index (χ2n) is 4.09. The van der Waals surface area contributed by atoms with Crippen LogP contribution in [0, 0.1) is 11.8 Å². The Hall–Kier alpha value is -2.77. The summed E-state index contributed by atoms with van der Waals surface area (Å²) >= 11 is 0. The molecule has 4 nitrogen and oxygen atoms in total. The molecule has 0 aliphatic heterocycles. The first kappa shape index (κ1) is 13.7.